The van der Waals surface area contributed by atoms with Crippen LogP contribution in [0.15, 0.2) is 60.7 Å². The van der Waals surface area contributed by atoms with Crippen LogP contribution >= 0.6 is 11.6 Å². The molecule has 0 atom stereocenters. The molecule has 6 aliphatic rings. The minimum Gasteiger partial charge on any atom is -0.322 e. The third kappa shape index (κ3) is 8.75. The molecule has 2 spiro atoms. The van der Waals surface area contributed by atoms with Crippen LogP contribution in [0.3, 0.4) is 0 Å². The van der Waals surface area contributed by atoms with Gasteiger partial charge in [0.2, 0.25) is 0 Å². The van der Waals surface area contributed by atoms with Gasteiger partial charge in [-0.15, -0.1) is 11.6 Å². The molecule has 4 amide bonds. The number of halogens is 1. The Morgan fingerprint density at radius 1 is 0.627 bits per heavy atom. The van der Waals surface area contributed by atoms with Crippen molar-refractivity contribution in [3.05, 3.63) is 71.8 Å². The summed E-state index contributed by atoms with van der Waals surface area (Å²) in [5, 5.41) is 8.91. The fourth-order valence-electron chi connectivity index (χ4n) is 11.7. The maximum absolute atomic E-state index is 13.4. The van der Waals surface area contributed by atoms with E-state index in [2.05, 4.69) is 119 Å². The van der Waals surface area contributed by atoms with Gasteiger partial charge in [0, 0.05) is 62.6 Å². The second kappa shape index (κ2) is 18.7. The van der Waals surface area contributed by atoms with Gasteiger partial charge in [0.1, 0.15) is 0 Å². The highest BCUT2D eigenvalue weighted by Crippen LogP contribution is 2.51. The second-order valence-electron chi connectivity index (χ2n) is 19.6. The smallest absolute Gasteiger partial charge is 0.320 e. The highest BCUT2D eigenvalue weighted by molar-refractivity contribution is 6.17. The number of rotatable bonds is 14. The number of nitriles is 1. The minimum atomic E-state index is -0.0341. The molecule has 4 saturated carbocycles. The molecule has 0 unspecified atom stereocenters. The summed E-state index contributed by atoms with van der Waals surface area (Å²) in [5.74, 6) is 2.01. The van der Waals surface area contributed by atoms with Crippen molar-refractivity contribution in [3.8, 4) is 6.07 Å². The minimum absolute atomic E-state index is 0.00722. The van der Waals surface area contributed by atoms with Crippen molar-refractivity contribution in [2.75, 3.05) is 73.3 Å². The summed E-state index contributed by atoms with van der Waals surface area (Å²) in [6.45, 7) is 5.11. The van der Waals surface area contributed by atoms with Gasteiger partial charge < -0.3 is 19.6 Å². The van der Waals surface area contributed by atoms with E-state index in [9.17, 15) is 9.59 Å². The van der Waals surface area contributed by atoms with E-state index in [1.165, 1.54) is 49.7 Å². The average molecular weight is 827 g/mol. The molecule has 4 aliphatic carbocycles. The molecule has 2 heterocycles. The summed E-state index contributed by atoms with van der Waals surface area (Å²) >= 11 is 5.94. The maximum atomic E-state index is 13.4. The predicted octanol–water partition coefficient (Wildman–Crippen LogP) is 9.52. The molecule has 0 N–H and O–H groups in total. The Hall–Kier alpha value is -3.32. The van der Waals surface area contributed by atoms with Crippen molar-refractivity contribution in [1.29, 1.82) is 5.26 Å². The van der Waals surface area contributed by atoms with Crippen LogP contribution in [0.2, 0.25) is 0 Å². The molecule has 2 aliphatic heterocycles. The van der Waals surface area contributed by atoms with Gasteiger partial charge in [0.25, 0.3) is 0 Å². The molecule has 0 aromatic heterocycles. The van der Waals surface area contributed by atoms with Crippen LogP contribution in [0.25, 0.3) is 0 Å². The second-order valence-corrected chi connectivity index (χ2v) is 19.9. The molecule has 2 aromatic rings. The summed E-state index contributed by atoms with van der Waals surface area (Å²) in [6, 6.07) is 24.6. The summed E-state index contributed by atoms with van der Waals surface area (Å²) in [5.41, 5.74) is 2.90. The molecule has 8 rings (SSSR count). The van der Waals surface area contributed by atoms with Crippen molar-refractivity contribution in [1.82, 2.24) is 29.4 Å². The first-order valence-corrected chi connectivity index (χ1v) is 23.6. The molecule has 9 nitrogen and oxygen atoms in total. The van der Waals surface area contributed by atoms with E-state index < -0.39 is 0 Å². The molecule has 0 bridgehead atoms. The van der Waals surface area contributed by atoms with Crippen molar-refractivity contribution >= 4 is 23.7 Å². The highest BCUT2D eigenvalue weighted by atomic mass is 35.5. The van der Waals surface area contributed by atoms with Gasteiger partial charge in [-0.1, -0.05) is 73.5 Å². The monoisotopic (exact) mass is 826 g/mol. The number of nitrogens with zero attached hydrogens (tertiary/aromatic N) is 7. The Kier molecular flexibility index (Phi) is 13.9. The Bertz CT molecular complexity index is 1720. The number of urea groups is 2. The number of amides is 4. The van der Waals surface area contributed by atoms with E-state index in [-0.39, 0.29) is 34.2 Å². The summed E-state index contributed by atoms with van der Waals surface area (Å²) in [4.78, 5) is 40.2. The average Bonchev–Trinajstić information content (AvgIpc) is 3.62. The molecule has 6 fully saturated rings. The van der Waals surface area contributed by atoms with E-state index in [0.717, 1.165) is 96.9 Å². The van der Waals surface area contributed by atoms with E-state index in [1.807, 2.05) is 4.90 Å². The van der Waals surface area contributed by atoms with Crippen LogP contribution in [-0.4, -0.2) is 126 Å². The van der Waals surface area contributed by atoms with Crippen LogP contribution in [0, 0.1) is 23.2 Å². The zero-order valence-electron chi connectivity index (χ0n) is 36.7. The molecule has 10 heteroatoms. The van der Waals surface area contributed by atoms with Gasteiger partial charge in [-0.05, 0) is 141 Å². The number of carbonyl (C=O) groups excluding carboxylic acids is 2. The number of alkyl halides is 1. The fraction of sp³-hybridized carbons (Fsp3) is 0.694. The highest BCUT2D eigenvalue weighted by Gasteiger charge is 2.56. The Labute approximate surface area is 361 Å². The SMILES string of the molecule is CN(C)C1(c2ccccc2)CCC2(CC1)CN(CCCC#N)C(=O)N2CC1CCC1.CN(C)C1(c2ccccc2)CCC2(CC1)CN(CCCCl)C(=O)N2CC1CCC1. The van der Waals surface area contributed by atoms with E-state index in [1.54, 1.807) is 0 Å². The summed E-state index contributed by atoms with van der Waals surface area (Å²) < 4.78 is 0. The predicted molar refractivity (Wildman–Crippen MR) is 238 cm³/mol. The Morgan fingerprint density at radius 3 is 1.34 bits per heavy atom. The molecule has 2 aromatic carbocycles. The van der Waals surface area contributed by atoms with Crippen LogP contribution in [0.5, 0.6) is 0 Å². The van der Waals surface area contributed by atoms with Gasteiger partial charge >= 0.3 is 12.1 Å². The summed E-state index contributed by atoms with van der Waals surface area (Å²) in [7, 11) is 8.82. The lowest BCUT2D eigenvalue weighted by Gasteiger charge is -2.51. The van der Waals surface area contributed by atoms with Gasteiger partial charge in [0.05, 0.1) is 17.1 Å². The van der Waals surface area contributed by atoms with Crippen molar-refractivity contribution in [2.24, 2.45) is 11.8 Å². The van der Waals surface area contributed by atoms with E-state index >= 15 is 0 Å². The van der Waals surface area contributed by atoms with Gasteiger partial charge in [-0.3, -0.25) is 9.80 Å². The molecule has 0 radical (unpaired) electrons. The van der Waals surface area contributed by atoms with Crippen LogP contribution in [0.4, 0.5) is 9.59 Å². The van der Waals surface area contributed by atoms with Crippen molar-refractivity contribution in [2.45, 2.75) is 131 Å². The molecule has 322 valence electrons. The lowest BCUT2D eigenvalue weighted by Crippen LogP contribution is -2.56. The fourth-order valence-corrected chi connectivity index (χ4v) is 11.8. The van der Waals surface area contributed by atoms with Crippen molar-refractivity contribution in [3.63, 3.8) is 0 Å². The van der Waals surface area contributed by atoms with Crippen LogP contribution in [0.1, 0.15) is 120 Å². The quantitative estimate of drug-likeness (QED) is 0.140. The van der Waals surface area contributed by atoms with Crippen molar-refractivity contribution < 1.29 is 9.59 Å². The topological polar surface area (TPSA) is 77.4 Å². The standard InChI is InChI=1S/C25H36N4O.C24H36ClN3O/c1-27(2)25(22-11-4-3-5-12-22)15-13-24(14-16-25)20-28(18-7-6-17-26)23(30)29(24)19-21-9-8-10-21;1-26(2)24(21-10-4-3-5-11-21)14-12-23(13-15-24)19-27(17-7-16-25)22(29)28(23)18-20-8-6-9-20/h3-5,11-12,21H,6-10,13-16,18-20H2,1-2H3;3-5,10-11,20H,6-9,12-19H2,1-2H3. The van der Waals surface area contributed by atoms with E-state index in [4.69, 9.17) is 16.9 Å². The first-order chi connectivity index (χ1) is 28.5. The first kappa shape index (κ1) is 43.8. The molecule has 2 saturated heterocycles. The van der Waals surface area contributed by atoms with Crippen LogP contribution in [-0.2, 0) is 11.1 Å². The Balaban J connectivity index is 0.000000179. The lowest BCUT2D eigenvalue weighted by molar-refractivity contribution is 0.0159. The maximum Gasteiger partial charge on any atom is 0.320 e. The first-order valence-electron chi connectivity index (χ1n) is 23.0. The lowest BCUT2D eigenvalue weighted by atomic mass is 9.68. The van der Waals surface area contributed by atoms with Gasteiger partial charge in [0.15, 0.2) is 0 Å². The number of benzene rings is 2. The normalized spacial score (nSPS) is 29.9. The van der Waals surface area contributed by atoms with Crippen LogP contribution < -0.4 is 0 Å². The molecular formula is C49H72ClN7O2. The number of hydrogen-bond acceptors (Lipinski definition) is 5. The summed E-state index contributed by atoms with van der Waals surface area (Å²) in [6.07, 6.45) is 18.5. The Morgan fingerprint density at radius 2 is 1.02 bits per heavy atom. The molecule has 59 heavy (non-hydrogen) atoms. The molecular weight excluding hydrogens is 754 g/mol. The zero-order valence-corrected chi connectivity index (χ0v) is 37.5. The third-order valence-corrected chi connectivity index (χ3v) is 16.3. The zero-order chi connectivity index (χ0) is 41.7. The van der Waals surface area contributed by atoms with E-state index in [0.29, 0.717) is 30.7 Å². The number of unbranched alkanes of at least 4 members (excludes halogenated alkanes) is 1. The number of hydrogen-bond donors (Lipinski definition) is 0. The van der Waals surface area contributed by atoms with Gasteiger partial charge in [-0.25, -0.2) is 9.59 Å². The number of carbonyl (C=O) groups is 2. The largest absolute Gasteiger partial charge is 0.322 e. The van der Waals surface area contributed by atoms with Gasteiger partial charge in [-0.2, -0.15) is 5.26 Å². The third-order valence-electron chi connectivity index (χ3n) is 16.1.